The van der Waals surface area contributed by atoms with E-state index in [1.807, 2.05) is 6.07 Å². The van der Waals surface area contributed by atoms with Gasteiger partial charge in [0.05, 0.1) is 35.5 Å². The van der Waals surface area contributed by atoms with E-state index < -0.39 is 0 Å². The molecule has 1 aliphatic carbocycles. The molecule has 0 radical (unpaired) electrons. The first-order chi connectivity index (χ1) is 19.5. The number of hydrogen-bond acceptors (Lipinski definition) is 7. The van der Waals surface area contributed by atoms with Crippen molar-refractivity contribution in [2.75, 3.05) is 48.6 Å². The van der Waals surface area contributed by atoms with Gasteiger partial charge in [0.1, 0.15) is 12.0 Å². The number of benzene rings is 1. The molecule has 226 valence electrons. The summed E-state index contributed by atoms with van der Waals surface area (Å²) in [6, 6.07) is 6.11. The van der Waals surface area contributed by atoms with Crippen LogP contribution in [0.2, 0.25) is 0 Å². The van der Waals surface area contributed by atoms with Gasteiger partial charge < -0.3 is 33.8 Å². The molecule has 0 saturated heterocycles. The number of ether oxygens (including phenoxy) is 5. The van der Waals surface area contributed by atoms with Crippen LogP contribution in [0.15, 0.2) is 41.6 Å². The van der Waals surface area contributed by atoms with Gasteiger partial charge in [-0.15, -0.1) is 0 Å². The first-order valence-corrected chi connectivity index (χ1v) is 15.0. The zero-order valence-electron chi connectivity index (χ0n) is 25.8. The van der Waals surface area contributed by atoms with Crippen molar-refractivity contribution < 1.29 is 28.5 Å². The Morgan fingerprint density at radius 1 is 0.800 bits per heavy atom. The van der Waals surface area contributed by atoms with Gasteiger partial charge >= 0.3 is 0 Å². The quantitative estimate of drug-likeness (QED) is 0.121. The van der Waals surface area contributed by atoms with E-state index in [0.29, 0.717) is 17.9 Å². The van der Waals surface area contributed by atoms with E-state index >= 15 is 0 Å². The predicted octanol–water partition coefficient (Wildman–Crippen LogP) is 7.00. The normalized spacial score (nSPS) is 18.8. The molecule has 0 bridgehead atoms. The third-order valence-electron chi connectivity index (χ3n) is 8.14. The molecular formula is C33H53NO6. The third kappa shape index (κ3) is 9.18. The van der Waals surface area contributed by atoms with E-state index in [1.165, 1.54) is 37.7 Å². The van der Waals surface area contributed by atoms with Crippen LogP contribution in [-0.4, -0.2) is 54.9 Å². The molecule has 40 heavy (non-hydrogen) atoms. The SMILES string of the molecule is CCCCCCCCC1(CCCNCCCc2ccc(OC)c(OC)c2)C(OC)=C(OC)C(OC)=CC1CC=O. The molecule has 2 atom stereocenters. The molecule has 1 N–H and O–H groups in total. The van der Waals surface area contributed by atoms with Crippen LogP contribution in [0.5, 0.6) is 11.5 Å². The fourth-order valence-electron chi connectivity index (χ4n) is 6.02. The van der Waals surface area contributed by atoms with Gasteiger partial charge in [-0.1, -0.05) is 51.5 Å². The maximum absolute atomic E-state index is 11.8. The van der Waals surface area contributed by atoms with Gasteiger partial charge in [0, 0.05) is 17.8 Å². The Morgan fingerprint density at radius 2 is 1.50 bits per heavy atom. The monoisotopic (exact) mass is 559 g/mol. The highest BCUT2D eigenvalue weighted by molar-refractivity contribution is 5.52. The van der Waals surface area contributed by atoms with Gasteiger partial charge in [-0.05, 0) is 69.0 Å². The molecule has 2 rings (SSSR count). The number of rotatable bonds is 22. The molecule has 0 aromatic heterocycles. The largest absolute Gasteiger partial charge is 0.496 e. The topological polar surface area (TPSA) is 75.2 Å². The van der Waals surface area contributed by atoms with Crippen LogP contribution in [0.3, 0.4) is 0 Å². The van der Waals surface area contributed by atoms with Crippen molar-refractivity contribution in [3.05, 3.63) is 47.1 Å². The van der Waals surface area contributed by atoms with Crippen LogP contribution < -0.4 is 14.8 Å². The number of carbonyl (C=O) groups excluding carboxylic acids is 1. The number of hydrogen-bond donors (Lipinski definition) is 1. The third-order valence-corrected chi connectivity index (χ3v) is 8.14. The Bertz CT molecular complexity index is 943. The Kier molecular flexibility index (Phi) is 15.6. The summed E-state index contributed by atoms with van der Waals surface area (Å²) in [5.41, 5.74) is 0.939. The number of aryl methyl sites for hydroxylation is 1. The molecule has 1 aromatic rings. The fourth-order valence-corrected chi connectivity index (χ4v) is 6.02. The van der Waals surface area contributed by atoms with E-state index in [-0.39, 0.29) is 11.3 Å². The number of allylic oxidation sites excluding steroid dienone is 2. The lowest BCUT2D eigenvalue weighted by Crippen LogP contribution is -2.38. The van der Waals surface area contributed by atoms with Crippen LogP contribution in [0.1, 0.15) is 83.1 Å². The predicted molar refractivity (Wildman–Crippen MR) is 161 cm³/mol. The maximum Gasteiger partial charge on any atom is 0.199 e. The van der Waals surface area contributed by atoms with Crippen molar-refractivity contribution in [2.24, 2.45) is 11.3 Å². The number of aldehydes is 1. The Hall–Kier alpha value is -2.67. The van der Waals surface area contributed by atoms with Gasteiger partial charge in [0.2, 0.25) is 0 Å². The van der Waals surface area contributed by atoms with Gasteiger partial charge in [-0.3, -0.25) is 0 Å². The fraction of sp³-hybridized carbons (Fsp3) is 0.667. The summed E-state index contributed by atoms with van der Waals surface area (Å²) in [6.07, 6.45) is 15.7. The van der Waals surface area contributed by atoms with Crippen molar-refractivity contribution in [1.82, 2.24) is 5.32 Å². The first kappa shape index (κ1) is 33.5. The molecule has 0 saturated carbocycles. The standard InChI is InChI=1S/C33H53NO6/c1-7-8-9-10-11-12-19-33(27(18-23-35)25-30(38-4)31(39-5)32(33)40-6)20-14-22-34-21-13-15-26-16-17-28(36-2)29(24-26)37-3/h16-17,23-25,27,34H,7-15,18-22H2,1-6H3. The molecule has 7 heteroatoms. The minimum absolute atomic E-state index is 0.00879. The smallest absolute Gasteiger partial charge is 0.199 e. The molecule has 2 unspecified atom stereocenters. The van der Waals surface area contributed by atoms with E-state index in [4.69, 9.17) is 23.7 Å². The highest BCUT2D eigenvalue weighted by Gasteiger charge is 2.47. The second-order valence-corrected chi connectivity index (χ2v) is 10.6. The highest BCUT2D eigenvalue weighted by atomic mass is 16.5. The second-order valence-electron chi connectivity index (χ2n) is 10.6. The molecule has 0 spiro atoms. The average Bonchev–Trinajstić information content (AvgIpc) is 2.98. The van der Waals surface area contributed by atoms with Crippen LogP contribution in [-0.2, 0) is 25.4 Å². The van der Waals surface area contributed by atoms with Gasteiger partial charge in [-0.2, -0.15) is 0 Å². The number of carbonyl (C=O) groups is 1. The lowest BCUT2D eigenvalue weighted by atomic mass is 9.63. The summed E-state index contributed by atoms with van der Waals surface area (Å²) in [7, 11) is 8.34. The zero-order valence-corrected chi connectivity index (χ0v) is 25.8. The molecule has 7 nitrogen and oxygen atoms in total. The molecule has 0 heterocycles. The molecule has 0 aliphatic heterocycles. The summed E-state index contributed by atoms with van der Waals surface area (Å²) < 4.78 is 28.3. The van der Waals surface area contributed by atoms with E-state index in [0.717, 1.165) is 75.2 Å². The van der Waals surface area contributed by atoms with Crippen molar-refractivity contribution >= 4 is 6.29 Å². The molecule has 0 fully saturated rings. The Morgan fingerprint density at radius 3 is 2.15 bits per heavy atom. The molecule has 1 aliphatic rings. The summed E-state index contributed by atoms with van der Waals surface area (Å²) in [4.78, 5) is 11.8. The number of unbranched alkanes of at least 4 members (excludes halogenated alkanes) is 5. The number of methoxy groups -OCH3 is 5. The summed E-state index contributed by atoms with van der Waals surface area (Å²) in [5, 5.41) is 3.63. The summed E-state index contributed by atoms with van der Waals surface area (Å²) in [6.45, 7) is 4.08. The first-order valence-electron chi connectivity index (χ1n) is 15.0. The average molecular weight is 560 g/mol. The van der Waals surface area contributed by atoms with Crippen LogP contribution >= 0.6 is 0 Å². The minimum atomic E-state index is -0.297. The van der Waals surface area contributed by atoms with Crippen molar-refractivity contribution in [2.45, 2.75) is 84.0 Å². The van der Waals surface area contributed by atoms with E-state index in [1.54, 1.807) is 35.5 Å². The zero-order chi connectivity index (χ0) is 29.2. The second kappa shape index (κ2) is 18.6. The summed E-state index contributed by atoms with van der Waals surface area (Å²) >= 11 is 0. The van der Waals surface area contributed by atoms with Crippen LogP contribution in [0.25, 0.3) is 0 Å². The van der Waals surface area contributed by atoms with E-state index in [2.05, 4.69) is 30.4 Å². The summed E-state index contributed by atoms with van der Waals surface area (Å²) in [5.74, 6) is 3.66. The van der Waals surface area contributed by atoms with Crippen molar-refractivity contribution in [1.29, 1.82) is 0 Å². The van der Waals surface area contributed by atoms with Crippen molar-refractivity contribution in [3.8, 4) is 11.5 Å². The Labute approximate surface area is 242 Å². The lowest BCUT2D eigenvalue weighted by Gasteiger charge is -2.44. The number of nitrogens with one attached hydrogen (secondary N) is 1. The Balaban J connectivity index is 2.04. The highest BCUT2D eigenvalue weighted by Crippen LogP contribution is 2.52. The van der Waals surface area contributed by atoms with Gasteiger partial charge in [-0.25, -0.2) is 0 Å². The van der Waals surface area contributed by atoms with Gasteiger partial charge in [0.15, 0.2) is 23.0 Å². The van der Waals surface area contributed by atoms with Gasteiger partial charge in [0.25, 0.3) is 0 Å². The molecule has 0 amide bonds. The van der Waals surface area contributed by atoms with Crippen LogP contribution in [0.4, 0.5) is 0 Å². The van der Waals surface area contributed by atoms with E-state index in [9.17, 15) is 4.79 Å². The molecular weight excluding hydrogens is 506 g/mol. The van der Waals surface area contributed by atoms with Crippen molar-refractivity contribution in [3.63, 3.8) is 0 Å². The maximum atomic E-state index is 11.8. The molecule has 1 aromatic carbocycles. The van der Waals surface area contributed by atoms with Crippen LogP contribution in [0, 0.1) is 11.3 Å². The minimum Gasteiger partial charge on any atom is -0.496 e. The lowest BCUT2D eigenvalue weighted by molar-refractivity contribution is -0.109.